The Bertz CT molecular complexity index is 1110. The summed E-state index contributed by atoms with van der Waals surface area (Å²) in [6, 6.07) is 7.69. The molecule has 1 amide bonds. The van der Waals surface area contributed by atoms with Crippen LogP contribution in [0.4, 0.5) is 22.7 Å². The van der Waals surface area contributed by atoms with E-state index >= 15 is 0 Å². The molecule has 3 heterocycles. The summed E-state index contributed by atoms with van der Waals surface area (Å²) >= 11 is 3.08. The molecule has 0 atom stereocenters. The maximum atomic E-state index is 11.6. The van der Waals surface area contributed by atoms with E-state index < -0.39 is 0 Å². The highest BCUT2D eigenvalue weighted by Gasteiger charge is 2.19. The Hall–Kier alpha value is -2.76. The number of piperazine rings is 1. The van der Waals surface area contributed by atoms with Crippen LogP contribution in [0.1, 0.15) is 38.0 Å². The van der Waals surface area contributed by atoms with E-state index in [4.69, 9.17) is 9.97 Å². The first-order chi connectivity index (χ1) is 16.4. The largest absolute Gasteiger partial charge is 0.338 e. The van der Waals surface area contributed by atoms with Crippen LogP contribution in [0.15, 0.2) is 40.5 Å². The van der Waals surface area contributed by atoms with E-state index in [9.17, 15) is 4.79 Å². The molecule has 0 saturated carbocycles. The number of rotatable bonds is 8. The number of aromatic nitrogens is 4. The van der Waals surface area contributed by atoms with Crippen LogP contribution in [0, 0.1) is 0 Å². The van der Waals surface area contributed by atoms with Gasteiger partial charge in [-0.05, 0) is 49.0 Å². The van der Waals surface area contributed by atoms with Crippen LogP contribution in [0.2, 0.25) is 0 Å². The van der Waals surface area contributed by atoms with Crippen molar-refractivity contribution in [2.45, 2.75) is 43.2 Å². The van der Waals surface area contributed by atoms with E-state index in [2.05, 4.69) is 51.3 Å². The van der Waals surface area contributed by atoms with E-state index in [1.165, 1.54) is 16.6 Å². The fourth-order valence-corrected chi connectivity index (χ4v) is 4.82. The van der Waals surface area contributed by atoms with Crippen molar-refractivity contribution in [1.29, 1.82) is 0 Å². The molecule has 11 heteroatoms. The van der Waals surface area contributed by atoms with Gasteiger partial charge in [-0.15, -0.1) is 11.3 Å². The minimum absolute atomic E-state index is 0.00628. The molecule has 1 saturated heterocycles. The lowest BCUT2D eigenvalue weighted by molar-refractivity contribution is -0.115. The minimum atomic E-state index is -0.00628. The summed E-state index contributed by atoms with van der Waals surface area (Å²) in [6.45, 7) is 9.80. The van der Waals surface area contributed by atoms with Gasteiger partial charge in [0.05, 0.1) is 0 Å². The zero-order chi connectivity index (χ0) is 24.1. The summed E-state index contributed by atoms with van der Waals surface area (Å²) in [5.41, 5.74) is 0.775. The molecule has 180 valence electrons. The Morgan fingerprint density at radius 3 is 2.50 bits per heavy atom. The van der Waals surface area contributed by atoms with Gasteiger partial charge in [-0.3, -0.25) is 10.1 Å². The van der Waals surface area contributed by atoms with Gasteiger partial charge >= 0.3 is 0 Å². The highest BCUT2D eigenvalue weighted by atomic mass is 32.2. The van der Waals surface area contributed by atoms with Crippen LogP contribution in [0.3, 0.4) is 0 Å². The number of carbonyl (C=O) groups is 1. The van der Waals surface area contributed by atoms with E-state index in [1.54, 1.807) is 11.3 Å². The Morgan fingerprint density at radius 1 is 1.12 bits per heavy atom. The molecular formula is C23H30N8OS2. The predicted molar refractivity (Wildman–Crippen MR) is 139 cm³/mol. The molecule has 0 bridgehead atoms. The maximum Gasteiger partial charge on any atom is 0.234 e. The van der Waals surface area contributed by atoms with E-state index in [0.29, 0.717) is 29.4 Å². The second-order valence-electron chi connectivity index (χ2n) is 8.41. The molecule has 4 rings (SSSR count). The Labute approximate surface area is 208 Å². The number of anilines is 4. The van der Waals surface area contributed by atoms with Gasteiger partial charge in [0.15, 0.2) is 10.3 Å². The highest BCUT2D eigenvalue weighted by molar-refractivity contribution is 7.99. The molecule has 34 heavy (non-hydrogen) atoms. The number of carbonyl (C=O) groups excluding carboxylic acids is 1. The van der Waals surface area contributed by atoms with Crippen LogP contribution >= 0.6 is 23.1 Å². The summed E-state index contributed by atoms with van der Waals surface area (Å²) in [5, 5.41) is 7.53. The molecule has 3 aromatic rings. The van der Waals surface area contributed by atoms with Crippen molar-refractivity contribution >= 4 is 51.7 Å². The third-order valence-corrected chi connectivity index (χ3v) is 7.46. The van der Waals surface area contributed by atoms with Crippen LogP contribution < -0.4 is 15.5 Å². The summed E-state index contributed by atoms with van der Waals surface area (Å²) in [5.74, 6) is 1.57. The third kappa shape index (κ3) is 6.43. The summed E-state index contributed by atoms with van der Waals surface area (Å²) in [4.78, 5) is 36.9. The fraction of sp³-hybridized carbons (Fsp3) is 0.435. The summed E-state index contributed by atoms with van der Waals surface area (Å²) < 4.78 is 0. The number of likely N-dealkylation sites (N-methyl/N-ethyl adjacent to an activating group) is 1. The lowest BCUT2D eigenvalue weighted by Crippen LogP contribution is -2.45. The number of amides is 1. The SMILES string of the molecule is CCC(=O)Nc1ccc(Sc2nc(Nc3ncc(C(C)C)s3)nc(N3CCN(C)CC3)n2)cc1. The number of benzene rings is 1. The van der Waals surface area contributed by atoms with Gasteiger partial charge < -0.3 is 15.1 Å². The van der Waals surface area contributed by atoms with Gasteiger partial charge in [0.2, 0.25) is 17.8 Å². The van der Waals surface area contributed by atoms with Gasteiger partial charge in [-0.2, -0.15) is 15.0 Å². The van der Waals surface area contributed by atoms with Crippen molar-refractivity contribution in [1.82, 2.24) is 24.8 Å². The monoisotopic (exact) mass is 498 g/mol. The van der Waals surface area contributed by atoms with E-state index in [1.807, 2.05) is 37.4 Å². The zero-order valence-electron chi connectivity index (χ0n) is 19.9. The normalized spacial score (nSPS) is 14.4. The number of nitrogens with zero attached hydrogens (tertiary/aromatic N) is 6. The number of thiazole rings is 1. The summed E-state index contributed by atoms with van der Waals surface area (Å²) in [7, 11) is 2.13. The summed E-state index contributed by atoms with van der Waals surface area (Å²) in [6.07, 6.45) is 2.35. The highest BCUT2D eigenvalue weighted by Crippen LogP contribution is 2.30. The predicted octanol–water partition coefficient (Wildman–Crippen LogP) is 4.45. The topological polar surface area (TPSA) is 99.2 Å². The number of hydrogen-bond acceptors (Lipinski definition) is 10. The molecule has 1 aromatic carbocycles. The van der Waals surface area contributed by atoms with E-state index in [0.717, 1.165) is 41.9 Å². The van der Waals surface area contributed by atoms with Gasteiger partial charge in [0, 0.05) is 54.3 Å². The van der Waals surface area contributed by atoms with Crippen molar-refractivity contribution in [2.75, 3.05) is 48.8 Å². The lowest BCUT2D eigenvalue weighted by atomic mass is 10.2. The van der Waals surface area contributed by atoms with Crippen molar-refractivity contribution in [3.63, 3.8) is 0 Å². The molecule has 0 unspecified atom stereocenters. The van der Waals surface area contributed by atoms with Crippen molar-refractivity contribution in [3.8, 4) is 0 Å². The molecule has 1 aliphatic rings. The Kier molecular flexibility index (Phi) is 7.96. The van der Waals surface area contributed by atoms with Crippen LogP contribution in [0.5, 0.6) is 0 Å². The second-order valence-corrected chi connectivity index (χ2v) is 10.5. The first-order valence-corrected chi connectivity index (χ1v) is 13.0. The lowest BCUT2D eigenvalue weighted by Gasteiger charge is -2.32. The van der Waals surface area contributed by atoms with E-state index in [-0.39, 0.29) is 5.91 Å². The molecule has 0 spiro atoms. The van der Waals surface area contributed by atoms with Gasteiger partial charge in [-0.1, -0.05) is 20.8 Å². The molecule has 2 N–H and O–H groups in total. The number of nitrogens with one attached hydrogen (secondary N) is 2. The standard InChI is InChI=1S/C23H30N8OS2/c1-5-19(32)25-16-6-8-17(9-7-16)33-23-28-20(27-22-24-14-18(34-22)15(2)3)26-21(29-23)31-12-10-30(4)11-13-31/h6-9,14-15H,5,10-13H2,1-4H3,(H,25,32)(H,24,26,27,28,29). The average molecular weight is 499 g/mol. The first kappa shape index (κ1) is 24.4. The second kappa shape index (κ2) is 11.1. The smallest absolute Gasteiger partial charge is 0.234 e. The van der Waals surface area contributed by atoms with Crippen molar-refractivity contribution in [3.05, 3.63) is 35.3 Å². The average Bonchev–Trinajstić information content (AvgIpc) is 3.29. The van der Waals surface area contributed by atoms with Crippen LogP contribution in [-0.4, -0.2) is 64.0 Å². The quantitative estimate of drug-likeness (QED) is 0.467. The molecule has 1 fully saturated rings. The minimum Gasteiger partial charge on any atom is -0.338 e. The molecule has 1 aliphatic heterocycles. The van der Waals surface area contributed by atoms with Crippen LogP contribution in [-0.2, 0) is 4.79 Å². The van der Waals surface area contributed by atoms with Gasteiger partial charge in [-0.25, -0.2) is 4.98 Å². The molecule has 9 nitrogen and oxygen atoms in total. The van der Waals surface area contributed by atoms with Crippen LogP contribution in [0.25, 0.3) is 0 Å². The van der Waals surface area contributed by atoms with Gasteiger partial charge in [0.25, 0.3) is 0 Å². The fourth-order valence-electron chi connectivity index (χ4n) is 3.26. The molecule has 0 aliphatic carbocycles. The van der Waals surface area contributed by atoms with Gasteiger partial charge in [0.1, 0.15) is 0 Å². The molecular weight excluding hydrogens is 468 g/mol. The molecule has 0 radical (unpaired) electrons. The Morgan fingerprint density at radius 2 is 1.85 bits per heavy atom. The third-order valence-electron chi connectivity index (χ3n) is 5.37. The van der Waals surface area contributed by atoms with Crippen molar-refractivity contribution < 1.29 is 4.79 Å². The van der Waals surface area contributed by atoms with Crippen molar-refractivity contribution in [2.24, 2.45) is 0 Å². The zero-order valence-corrected chi connectivity index (χ0v) is 21.5. The number of hydrogen-bond donors (Lipinski definition) is 2. The molecule has 2 aromatic heterocycles. The Balaban J connectivity index is 1.56. The maximum absolute atomic E-state index is 11.6. The first-order valence-electron chi connectivity index (χ1n) is 11.4.